The van der Waals surface area contributed by atoms with Crippen LogP contribution >= 0.6 is 11.8 Å². The molecule has 0 aliphatic heterocycles. The summed E-state index contributed by atoms with van der Waals surface area (Å²) in [5.74, 6) is 2.90. The van der Waals surface area contributed by atoms with Crippen LogP contribution in [0.1, 0.15) is 27.2 Å². The maximum absolute atomic E-state index is 3.48. The van der Waals surface area contributed by atoms with Gasteiger partial charge in [0.05, 0.1) is 0 Å². The Hall–Kier alpha value is 0.310. The summed E-state index contributed by atoms with van der Waals surface area (Å²) in [6.45, 7) is 9.16. The van der Waals surface area contributed by atoms with Crippen molar-refractivity contribution in [1.82, 2.24) is 5.32 Å². The number of rotatable bonds is 7. The molecule has 1 N–H and O–H groups in total. The first-order valence-electron chi connectivity index (χ1n) is 4.86. The zero-order chi connectivity index (χ0) is 9.40. The molecule has 0 saturated carbocycles. The molecule has 0 aliphatic rings. The molecule has 0 saturated heterocycles. The molecule has 0 rings (SSSR count). The van der Waals surface area contributed by atoms with E-state index in [9.17, 15) is 0 Å². The van der Waals surface area contributed by atoms with Gasteiger partial charge in [-0.05, 0) is 43.4 Å². The van der Waals surface area contributed by atoms with Crippen LogP contribution in [-0.2, 0) is 0 Å². The van der Waals surface area contributed by atoms with Gasteiger partial charge in [0, 0.05) is 0 Å². The summed E-state index contributed by atoms with van der Waals surface area (Å²) in [7, 11) is 0. The summed E-state index contributed by atoms with van der Waals surface area (Å²) in [5.41, 5.74) is 0. The lowest BCUT2D eigenvalue weighted by molar-refractivity contribution is 0.468. The zero-order valence-corrected chi connectivity index (χ0v) is 9.71. The van der Waals surface area contributed by atoms with Crippen LogP contribution in [-0.4, -0.2) is 25.1 Å². The van der Waals surface area contributed by atoms with E-state index < -0.39 is 0 Å². The fourth-order valence-corrected chi connectivity index (χ4v) is 1.68. The molecule has 0 bridgehead atoms. The van der Waals surface area contributed by atoms with Crippen molar-refractivity contribution in [2.45, 2.75) is 27.2 Å². The summed E-state index contributed by atoms with van der Waals surface area (Å²) < 4.78 is 0. The monoisotopic (exact) mass is 189 g/mol. The molecule has 0 amide bonds. The molecular formula is C10H23NS. The van der Waals surface area contributed by atoms with Gasteiger partial charge >= 0.3 is 0 Å². The molecule has 1 unspecified atom stereocenters. The highest BCUT2D eigenvalue weighted by atomic mass is 32.2. The van der Waals surface area contributed by atoms with E-state index in [1.54, 1.807) is 0 Å². The van der Waals surface area contributed by atoms with Crippen LogP contribution in [0.2, 0.25) is 0 Å². The third kappa shape index (κ3) is 8.41. The Morgan fingerprint density at radius 2 is 1.83 bits per heavy atom. The van der Waals surface area contributed by atoms with Gasteiger partial charge in [0.2, 0.25) is 0 Å². The van der Waals surface area contributed by atoms with Gasteiger partial charge in [-0.2, -0.15) is 11.8 Å². The van der Waals surface area contributed by atoms with Gasteiger partial charge in [-0.15, -0.1) is 0 Å². The highest BCUT2D eigenvalue weighted by Gasteiger charge is 2.00. The predicted octanol–water partition coefficient (Wildman–Crippen LogP) is 2.62. The largest absolute Gasteiger partial charge is 0.316 e. The molecule has 0 spiro atoms. The molecule has 0 heterocycles. The molecule has 0 aromatic carbocycles. The summed E-state index contributed by atoms with van der Waals surface area (Å²) in [6.07, 6.45) is 3.51. The van der Waals surface area contributed by atoms with Crippen LogP contribution < -0.4 is 5.32 Å². The van der Waals surface area contributed by atoms with Crippen LogP contribution in [0.15, 0.2) is 0 Å². The molecule has 0 aromatic rings. The predicted molar refractivity (Wildman–Crippen MR) is 59.9 cm³/mol. The highest BCUT2D eigenvalue weighted by Crippen LogP contribution is 2.05. The van der Waals surface area contributed by atoms with E-state index in [2.05, 4.69) is 32.3 Å². The first-order valence-corrected chi connectivity index (χ1v) is 6.25. The Morgan fingerprint density at radius 3 is 2.33 bits per heavy atom. The first kappa shape index (κ1) is 12.3. The van der Waals surface area contributed by atoms with E-state index in [0.717, 1.165) is 18.4 Å². The van der Waals surface area contributed by atoms with Crippen molar-refractivity contribution in [3.05, 3.63) is 0 Å². The Morgan fingerprint density at radius 1 is 1.17 bits per heavy atom. The van der Waals surface area contributed by atoms with Crippen molar-refractivity contribution in [3.63, 3.8) is 0 Å². The fourth-order valence-electron chi connectivity index (χ4n) is 1.04. The number of nitrogens with one attached hydrogen (secondary N) is 1. The lowest BCUT2D eigenvalue weighted by atomic mass is 10.1. The van der Waals surface area contributed by atoms with Gasteiger partial charge < -0.3 is 5.32 Å². The second-order valence-electron chi connectivity index (χ2n) is 3.94. The number of thioether (sulfide) groups is 1. The smallest absolute Gasteiger partial charge is 0.00227 e. The van der Waals surface area contributed by atoms with Gasteiger partial charge in [-0.25, -0.2) is 0 Å². The van der Waals surface area contributed by atoms with E-state index in [0.29, 0.717) is 0 Å². The van der Waals surface area contributed by atoms with Gasteiger partial charge in [-0.3, -0.25) is 0 Å². The molecule has 1 atom stereocenters. The molecule has 1 nitrogen and oxygen atoms in total. The van der Waals surface area contributed by atoms with Gasteiger partial charge in [0.15, 0.2) is 0 Å². The average molecular weight is 189 g/mol. The highest BCUT2D eigenvalue weighted by molar-refractivity contribution is 7.98. The summed E-state index contributed by atoms with van der Waals surface area (Å²) >= 11 is 1.94. The lowest BCUT2D eigenvalue weighted by Crippen LogP contribution is -2.25. The molecular weight excluding hydrogens is 166 g/mol. The maximum Gasteiger partial charge on any atom is -0.00227 e. The Kier molecular flexibility index (Phi) is 8.14. The Bertz CT molecular complexity index is 93.8. The standard InChI is InChI=1S/C10H23NS/c1-9(2)7-11-8-10(3)5-6-12-4/h9-11H,5-8H2,1-4H3. The Balaban J connectivity index is 3.13. The molecule has 0 aliphatic carbocycles. The minimum Gasteiger partial charge on any atom is -0.316 e. The van der Waals surface area contributed by atoms with Gasteiger partial charge in [0.25, 0.3) is 0 Å². The van der Waals surface area contributed by atoms with Crippen molar-refractivity contribution in [1.29, 1.82) is 0 Å². The molecule has 74 valence electrons. The minimum absolute atomic E-state index is 0.776. The quantitative estimate of drug-likeness (QED) is 0.661. The SMILES string of the molecule is CSCCC(C)CNCC(C)C. The van der Waals surface area contributed by atoms with Crippen molar-refractivity contribution in [3.8, 4) is 0 Å². The number of hydrogen-bond acceptors (Lipinski definition) is 2. The maximum atomic E-state index is 3.48. The second kappa shape index (κ2) is 7.93. The van der Waals surface area contributed by atoms with Crippen molar-refractivity contribution < 1.29 is 0 Å². The van der Waals surface area contributed by atoms with Crippen molar-refractivity contribution >= 4 is 11.8 Å². The number of hydrogen-bond donors (Lipinski definition) is 1. The summed E-state index contributed by atoms with van der Waals surface area (Å²) in [4.78, 5) is 0. The zero-order valence-electron chi connectivity index (χ0n) is 8.89. The van der Waals surface area contributed by atoms with Crippen LogP contribution in [0.25, 0.3) is 0 Å². The molecule has 0 fully saturated rings. The van der Waals surface area contributed by atoms with Crippen molar-refractivity contribution in [2.75, 3.05) is 25.1 Å². The molecule has 0 aromatic heterocycles. The van der Waals surface area contributed by atoms with Crippen LogP contribution in [0, 0.1) is 11.8 Å². The van der Waals surface area contributed by atoms with E-state index in [1.807, 2.05) is 11.8 Å². The van der Waals surface area contributed by atoms with Crippen LogP contribution in [0.3, 0.4) is 0 Å². The Labute approximate surface area is 81.7 Å². The first-order chi connectivity index (χ1) is 5.66. The normalized spacial score (nSPS) is 13.8. The fraction of sp³-hybridized carbons (Fsp3) is 1.00. The third-order valence-electron chi connectivity index (χ3n) is 1.86. The second-order valence-corrected chi connectivity index (χ2v) is 4.92. The van der Waals surface area contributed by atoms with E-state index >= 15 is 0 Å². The lowest BCUT2D eigenvalue weighted by Gasteiger charge is -2.12. The molecule has 0 radical (unpaired) electrons. The van der Waals surface area contributed by atoms with E-state index in [1.165, 1.54) is 18.7 Å². The van der Waals surface area contributed by atoms with E-state index in [-0.39, 0.29) is 0 Å². The topological polar surface area (TPSA) is 12.0 Å². The summed E-state index contributed by atoms with van der Waals surface area (Å²) in [5, 5.41) is 3.48. The van der Waals surface area contributed by atoms with Crippen LogP contribution in [0.4, 0.5) is 0 Å². The summed E-state index contributed by atoms with van der Waals surface area (Å²) in [6, 6.07) is 0. The molecule has 2 heteroatoms. The molecule has 12 heavy (non-hydrogen) atoms. The van der Waals surface area contributed by atoms with Crippen LogP contribution in [0.5, 0.6) is 0 Å². The van der Waals surface area contributed by atoms with Gasteiger partial charge in [-0.1, -0.05) is 20.8 Å². The third-order valence-corrected chi connectivity index (χ3v) is 2.50. The van der Waals surface area contributed by atoms with Gasteiger partial charge in [0.1, 0.15) is 0 Å². The minimum atomic E-state index is 0.776. The van der Waals surface area contributed by atoms with Crippen molar-refractivity contribution in [2.24, 2.45) is 11.8 Å². The van der Waals surface area contributed by atoms with E-state index in [4.69, 9.17) is 0 Å². The average Bonchev–Trinajstić information content (AvgIpc) is 2.00.